The number of carboxylic acids is 1. The van der Waals surface area contributed by atoms with Crippen molar-refractivity contribution in [3.05, 3.63) is 56.9 Å². The number of aromatic carboxylic acids is 1. The summed E-state index contributed by atoms with van der Waals surface area (Å²) in [7, 11) is 0. The molecule has 2 N–H and O–H groups in total. The minimum absolute atomic E-state index is 0.0516. The predicted octanol–water partition coefficient (Wildman–Crippen LogP) is 3.65. The Hall–Kier alpha value is -1.30. The normalized spacial score (nSPS) is 14.1. The highest BCUT2D eigenvalue weighted by atomic mass is 79.9. The molecule has 0 aliphatic heterocycles. The van der Waals surface area contributed by atoms with Gasteiger partial charge in [-0.25, -0.2) is 4.79 Å². The van der Waals surface area contributed by atoms with Gasteiger partial charge in [-0.1, -0.05) is 33.6 Å². The van der Waals surface area contributed by atoms with Gasteiger partial charge in [-0.05, 0) is 25.1 Å². The van der Waals surface area contributed by atoms with Crippen molar-refractivity contribution in [1.82, 2.24) is 0 Å². The van der Waals surface area contributed by atoms with Crippen LogP contribution in [0.25, 0.3) is 0 Å². The first kappa shape index (κ1) is 14.1. The fourth-order valence-corrected chi connectivity index (χ4v) is 2.72. The predicted molar refractivity (Wildman–Crippen MR) is 73.5 cm³/mol. The molecule has 0 saturated carbocycles. The minimum atomic E-state index is -1.63. The van der Waals surface area contributed by atoms with E-state index in [2.05, 4.69) is 15.9 Å². The van der Waals surface area contributed by atoms with Crippen LogP contribution >= 0.6 is 27.5 Å². The van der Waals surface area contributed by atoms with Gasteiger partial charge >= 0.3 is 5.97 Å². The van der Waals surface area contributed by atoms with Crippen LogP contribution in [-0.2, 0) is 5.60 Å². The van der Waals surface area contributed by atoms with Crippen molar-refractivity contribution < 1.29 is 19.4 Å². The molecular weight excluding hydrogens is 335 g/mol. The molecule has 19 heavy (non-hydrogen) atoms. The van der Waals surface area contributed by atoms with Crippen molar-refractivity contribution in [2.75, 3.05) is 0 Å². The Morgan fingerprint density at radius 3 is 2.68 bits per heavy atom. The molecule has 6 heteroatoms. The van der Waals surface area contributed by atoms with Crippen LogP contribution in [0.2, 0.25) is 5.02 Å². The summed E-state index contributed by atoms with van der Waals surface area (Å²) in [4.78, 5) is 11.1. The Kier molecular flexibility index (Phi) is 3.71. The average Bonchev–Trinajstić information content (AvgIpc) is 2.77. The van der Waals surface area contributed by atoms with E-state index in [0.29, 0.717) is 10.6 Å². The molecule has 0 radical (unpaired) electrons. The number of carboxylic acid groups (broad SMARTS) is 1. The first-order valence-electron chi connectivity index (χ1n) is 5.33. The van der Waals surface area contributed by atoms with Crippen molar-refractivity contribution in [2.24, 2.45) is 0 Å². The van der Waals surface area contributed by atoms with E-state index in [1.807, 2.05) is 0 Å². The third-order valence-corrected chi connectivity index (χ3v) is 3.60. The molecule has 1 aromatic carbocycles. The van der Waals surface area contributed by atoms with Gasteiger partial charge in [-0.3, -0.25) is 0 Å². The summed E-state index contributed by atoms with van der Waals surface area (Å²) in [6.45, 7) is 1.44. The number of benzene rings is 1. The van der Waals surface area contributed by atoms with Gasteiger partial charge in [0.05, 0.1) is 6.26 Å². The molecule has 1 unspecified atom stereocenters. The molecule has 0 spiro atoms. The van der Waals surface area contributed by atoms with Crippen molar-refractivity contribution in [1.29, 1.82) is 0 Å². The number of aliphatic hydroxyl groups is 1. The summed E-state index contributed by atoms with van der Waals surface area (Å²) < 4.78 is 5.89. The van der Waals surface area contributed by atoms with Crippen LogP contribution in [0.15, 0.2) is 39.4 Å². The number of carbonyl (C=O) groups is 1. The molecule has 4 nitrogen and oxygen atoms in total. The highest BCUT2D eigenvalue weighted by Gasteiger charge is 2.35. The second-order valence-electron chi connectivity index (χ2n) is 4.16. The molecule has 1 aromatic heterocycles. The zero-order chi connectivity index (χ0) is 14.2. The Bertz CT molecular complexity index is 633. The van der Waals surface area contributed by atoms with Gasteiger partial charge in [0, 0.05) is 15.1 Å². The van der Waals surface area contributed by atoms with Crippen LogP contribution in [0.5, 0.6) is 0 Å². The fourth-order valence-electron chi connectivity index (χ4n) is 1.86. The van der Waals surface area contributed by atoms with Crippen LogP contribution in [-0.4, -0.2) is 16.2 Å². The SMILES string of the molecule is CC(O)(c1ccc(Br)cc1Cl)c1occc1C(=O)O. The molecule has 0 aliphatic carbocycles. The van der Waals surface area contributed by atoms with Gasteiger partial charge < -0.3 is 14.6 Å². The molecule has 100 valence electrons. The first-order chi connectivity index (χ1) is 8.84. The molecule has 0 amide bonds. The van der Waals surface area contributed by atoms with Crippen LogP contribution in [0.3, 0.4) is 0 Å². The summed E-state index contributed by atoms with van der Waals surface area (Å²) in [5, 5.41) is 20.0. The lowest BCUT2D eigenvalue weighted by Crippen LogP contribution is -2.25. The molecule has 0 fully saturated rings. The van der Waals surface area contributed by atoms with Crippen LogP contribution in [0.4, 0.5) is 0 Å². The second kappa shape index (κ2) is 5.00. The highest BCUT2D eigenvalue weighted by molar-refractivity contribution is 9.10. The maximum Gasteiger partial charge on any atom is 0.339 e. The van der Waals surface area contributed by atoms with Crippen molar-refractivity contribution >= 4 is 33.5 Å². The van der Waals surface area contributed by atoms with Crippen molar-refractivity contribution in [2.45, 2.75) is 12.5 Å². The maximum absolute atomic E-state index is 11.1. The van der Waals surface area contributed by atoms with Gasteiger partial charge in [-0.2, -0.15) is 0 Å². The second-order valence-corrected chi connectivity index (χ2v) is 5.49. The summed E-state index contributed by atoms with van der Waals surface area (Å²) in [5.74, 6) is -1.22. The quantitative estimate of drug-likeness (QED) is 0.891. The standard InChI is InChI=1S/C13H10BrClO4/c1-13(18,9-3-2-7(14)6-10(9)15)11-8(12(16)17)4-5-19-11/h2-6,18H,1H3,(H,16,17). The molecule has 0 bridgehead atoms. The van der Waals surface area contributed by atoms with Crippen molar-refractivity contribution in [3.8, 4) is 0 Å². The number of hydrogen-bond donors (Lipinski definition) is 2. The molecular formula is C13H10BrClO4. The Labute approximate surface area is 122 Å². The zero-order valence-corrected chi connectivity index (χ0v) is 12.2. The van der Waals surface area contributed by atoms with Gasteiger partial charge in [0.15, 0.2) is 5.76 Å². The Balaban J connectivity index is 2.58. The summed E-state index contributed by atoms with van der Waals surface area (Å²) in [6.07, 6.45) is 1.22. The van der Waals surface area contributed by atoms with E-state index >= 15 is 0 Å². The van der Waals surface area contributed by atoms with E-state index in [-0.39, 0.29) is 11.3 Å². The summed E-state index contributed by atoms with van der Waals surface area (Å²) >= 11 is 9.35. The van der Waals surface area contributed by atoms with Crippen LogP contribution in [0, 0.1) is 0 Å². The van der Waals surface area contributed by atoms with E-state index in [4.69, 9.17) is 21.1 Å². The molecule has 0 saturated heterocycles. The molecule has 2 aromatic rings. The van der Waals surface area contributed by atoms with Gasteiger partial charge in [0.1, 0.15) is 11.2 Å². The van der Waals surface area contributed by atoms with E-state index in [0.717, 1.165) is 4.47 Å². The number of furan rings is 1. The summed E-state index contributed by atoms with van der Waals surface area (Å²) in [5.41, 5.74) is -1.35. The number of rotatable bonds is 3. The summed E-state index contributed by atoms with van der Waals surface area (Å²) in [6, 6.07) is 6.23. The van der Waals surface area contributed by atoms with E-state index in [1.165, 1.54) is 19.3 Å². The third-order valence-electron chi connectivity index (χ3n) is 2.79. The lowest BCUT2D eigenvalue weighted by molar-refractivity contribution is 0.0615. The minimum Gasteiger partial charge on any atom is -0.478 e. The molecule has 2 rings (SSSR count). The first-order valence-corrected chi connectivity index (χ1v) is 6.50. The third kappa shape index (κ3) is 2.54. The van der Waals surface area contributed by atoms with Gasteiger partial charge in [-0.15, -0.1) is 0 Å². The Morgan fingerprint density at radius 2 is 2.11 bits per heavy atom. The topological polar surface area (TPSA) is 70.7 Å². The zero-order valence-electron chi connectivity index (χ0n) is 9.85. The van der Waals surface area contributed by atoms with E-state index in [1.54, 1.807) is 18.2 Å². The Morgan fingerprint density at radius 1 is 1.42 bits per heavy atom. The highest BCUT2D eigenvalue weighted by Crippen LogP contribution is 2.37. The van der Waals surface area contributed by atoms with Crippen LogP contribution in [0.1, 0.15) is 28.6 Å². The lowest BCUT2D eigenvalue weighted by Gasteiger charge is -2.23. The fraction of sp³-hybridized carbons (Fsp3) is 0.154. The molecule has 1 heterocycles. The van der Waals surface area contributed by atoms with Crippen molar-refractivity contribution in [3.63, 3.8) is 0 Å². The van der Waals surface area contributed by atoms with Gasteiger partial charge in [0.2, 0.25) is 0 Å². The van der Waals surface area contributed by atoms with E-state index in [9.17, 15) is 9.90 Å². The smallest absolute Gasteiger partial charge is 0.339 e. The molecule has 0 aliphatic rings. The maximum atomic E-state index is 11.1. The van der Waals surface area contributed by atoms with E-state index < -0.39 is 11.6 Å². The van der Waals surface area contributed by atoms with Crippen LogP contribution < -0.4 is 0 Å². The monoisotopic (exact) mass is 344 g/mol. The van der Waals surface area contributed by atoms with Gasteiger partial charge in [0.25, 0.3) is 0 Å². The largest absolute Gasteiger partial charge is 0.478 e. The number of halogens is 2. The lowest BCUT2D eigenvalue weighted by atomic mass is 9.91. The number of hydrogen-bond acceptors (Lipinski definition) is 3. The molecule has 1 atom stereocenters. The average molecular weight is 346 g/mol.